The Morgan fingerprint density at radius 3 is 2.57 bits per heavy atom. The maximum Gasteiger partial charge on any atom is 0.221 e. The quantitative estimate of drug-likeness (QED) is 0.287. The van der Waals surface area contributed by atoms with Crippen LogP contribution in [0.4, 0.5) is 5.69 Å². The van der Waals surface area contributed by atoms with Gasteiger partial charge in [-0.2, -0.15) is 0 Å². The van der Waals surface area contributed by atoms with Crippen LogP contribution in [0.1, 0.15) is 37.7 Å². The molecule has 0 bridgehead atoms. The number of carbonyl (C=O) groups excluding carboxylic acids is 1. The van der Waals surface area contributed by atoms with Gasteiger partial charge in [0.2, 0.25) is 5.91 Å². The number of anilines is 1. The molecule has 1 aliphatic heterocycles. The molecule has 0 aliphatic carbocycles. The van der Waals surface area contributed by atoms with Gasteiger partial charge in [-0.05, 0) is 98.9 Å². The minimum absolute atomic E-state index is 0.0321. The van der Waals surface area contributed by atoms with Crippen LogP contribution >= 0.6 is 11.6 Å². The number of piperidine rings is 1. The van der Waals surface area contributed by atoms with E-state index in [1.807, 2.05) is 48.5 Å². The molecule has 1 amide bonds. The van der Waals surface area contributed by atoms with Crippen molar-refractivity contribution in [1.29, 1.82) is 0 Å². The second-order valence-corrected chi connectivity index (χ2v) is 10.2. The van der Waals surface area contributed by atoms with Crippen molar-refractivity contribution in [2.24, 2.45) is 0 Å². The number of halogens is 1. The van der Waals surface area contributed by atoms with Crippen LogP contribution in [0, 0.1) is 0 Å². The predicted molar refractivity (Wildman–Crippen MR) is 151 cm³/mol. The SMILES string of the molecule is COc1ccc2nc(-c3ccc(Cl)cc3)n(CCCN3CCC(c4cccc(NC(C)=O)c4)CC3)c2c1. The summed E-state index contributed by atoms with van der Waals surface area (Å²) in [4.78, 5) is 18.9. The number of aryl methyl sites for hydroxylation is 1. The Bertz CT molecular complexity index is 1370. The standard InChI is InChI=1S/C30H33ClN4O2/c1-21(36)32-26-6-3-5-24(19-26)22-13-17-34(18-14-22)15-4-16-35-29-20-27(37-2)11-12-28(29)33-30(35)23-7-9-25(31)10-8-23/h3,5-12,19-20,22H,4,13-18H2,1-2H3,(H,32,36). The number of nitrogens with one attached hydrogen (secondary N) is 1. The van der Waals surface area contributed by atoms with Crippen molar-refractivity contribution in [2.75, 3.05) is 32.1 Å². The maximum absolute atomic E-state index is 11.4. The van der Waals surface area contributed by atoms with Gasteiger partial charge in [0.15, 0.2) is 0 Å². The number of methoxy groups -OCH3 is 1. The third-order valence-electron chi connectivity index (χ3n) is 7.18. The van der Waals surface area contributed by atoms with E-state index in [0.717, 1.165) is 84.3 Å². The Kier molecular flexibility index (Phi) is 7.77. The van der Waals surface area contributed by atoms with E-state index in [-0.39, 0.29) is 5.91 Å². The number of amides is 1. The number of aromatic nitrogens is 2. The lowest BCUT2D eigenvalue weighted by Crippen LogP contribution is -2.34. The van der Waals surface area contributed by atoms with Crippen LogP contribution in [-0.4, -0.2) is 47.1 Å². The molecule has 7 heteroatoms. The van der Waals surface area contributed by atoms with Crippen molar-refractivity contribution in [3.05, 3.63) is 77.3 Å². The van der Waals surface area contributed by atoms with Gasteiger partial charge in [0.1, 0.15) is 11.6 Å². The summed E-state index contributed by atoms with van der Waals surface area (Å²) in [6.45, 7) is 5.63. The molecule has 192 valence electrons. The number of hydrogen-bond donors (Lipinski definition) is 1. The second kappa shape index (κ2) is 11.4. The fraction of sp³-hybridized carbons (Fsp3) is 0.333. The molecule has 0 saturated carbocycles. The van der Waals surface area contributed by atoms with E-state index in [9.17, 15) is 4.79 Å². The fourth-order valence-corrected chi connectivity index (χ4v) is 5.42. The van der Waals surface area contributed by atoms with E-state index < -0.39 is 0 Å². The maximum atomic E-state index is 11.4. The molecule has 0 atom stereocenters. The molecule has 0 spiro atoms. The van der Waals surface area contributed by atoms with Crippen molar-refractivity contribution in [1.82, 2.24) is 14.5 Å². The third kappa shape index (κ3) is 5.97. The Balaban J connectivity index is 1.24. The summed E-state index contributed by atoms with van der Waals surface area (Å²) in [5, 5.41) is 3.62. The monoisotopic (exact) mass is 516 g/mol. The largest absolute Gasteiger partial charge is 0.497 e. The zero-order chi connectivity index (χ0) is 25.8. The molecule has 1 aliphatic rings. The number of nitrogens with zero attached hydrogens (tertiary/aromatic N) is 3. The fourth-order valence-electron chi connectivity index (χ4n) is 5.29. The summed E-state index contributed by atoms with van der Waals surface area (Å²) < 4.78 is 7.80. The van der Waals surface area contributed by atoms with Crippen LogP contribution in [0.25, 0.3) is 22.4 Å². The predicted octanol–water partition coefficient (Wildman–Crippen LogP) is 6.59. The lowest BCUT2D eigenvalue weighted by Gasteiger charge is -2.32. The lowest BCUT2D eigenvalue weighted by molar-refractivity contribution is -0.114. The minimum Gasteiger partial charge on any atom is -0.497 e. The van der Waals surface area contributed by atoms with E-state index >= 15 is 0 Å². The first-order valence-electron chi connectivity index (χ1n) is 12.9. The van der Waals surface area contributed by atoms with Gasteiger partial charge in [0.25, 0.3) is 0 Å². The summed E-state index contributed by atoms with van der Waals surface area (Å²) in [6, 6.07) is 22.2. The smallest absolute Gasteiger partial charge is 0.221 e. The number of ether oxygens (including phenoxy) is 1. The zero-order valence-corrected chi connectivity index (χ0v) is 22.2. The van der Waals surface area contributed by atoms with Crippen molar-refractivity contribution < 1.29 is 9.53 Å². The molecule has 1 saturated heterocycles. The first-order valence-corrected chi connectivity index (χ1v) is 13.3. The Labute approximate surface area is 223 Å². The summed E-state index contributed by atoms with van der Waals surface area (Å²) in [7, 11) is 1.70. The molecule has 5 rings (SSSR count). The summed E-state index contributed by atoms with van der Waals surface area (Å²) in [5.41, 5.74) is 5.31. The number of hydrogen-bond acceptors (Lipinski definition) is 4. The first kappa shape index (κ1) is 25.3. The number of imidazole rings is 1. The van der Waals surface area contributed by atoms with Gasteiger partial charge >= 0.3 is 0 Å². The summed E-state index contributed by atoms with van der Waals surface area (Å²) in [5.74, 6) is 2.29. The first-order chi connectivity index (χ1) is 18.0. The van der Waals surface area contributed by atoms with E-state index in [4.69, 9.17) is 21.3 Å². The van der Waals surface area contributed by atoms with Gasteiger partial charge in [-0.15, -0.1) is 0 Å². The third-order valence-corrected chi connectivity index (χ3v) is 7.43. The van der Waals surface area contributed by atoms with Gasteiger partial charge in [-0.1, -0.05) is 23.7 Å². The molecule has 6 nitrogen and oxygen atoms in total. The molecular weight excluding hydrogens is 484 g/mol. The van der Waals surface area contributed by atoms with Gasteiger partial charge in [0.05, 0.1) is 18.1 Å². The number of likely N-dealkylation sites (tertiary alicyclic amines) is 1. The van der Waals surface area contributed by atoms with Gasteiger partial charge in [-0.25, -0.2) is 4.98 Å². The molecular formula is C30H33ClN4O2. The van der Waals surface area contributed by atoms with Crippen molar-refractivity contribution in [2.45, 2.75) is 38.6 Å². The molecule has 0 unspecified atom stereocenters. The second-order valence-electron chi connectivity index (χ2n) is 9.72. The average Bonchev–Trinajstić information content (AvgIpc) is 3.27. The van der Waals surface area contributed by atoms with Gasteiger partial charge in [-0.3, -0.25) is 4.79 Å². The van der Waals surface area contributed by atoms with Gasteiger partial charge < -0.3 is 19.5 Å². The topological polar surface area (TPSA) is 59.4 Å². The number of rotatable bonds is 8. The molecule has 37 heavy (non-hydrogen) atoms. The highest BCUT2D eigenvalue weighted by molar-refractivity contribution is 6.30. The molecule has 4 aromatic rings. The van der Waals surface area contributed by atoms with Crippen molar-refractivity contribution in [3.8, 4) is 17.1 Å². The summed E-state index contributed by atoms with van der Waals surface area (Å²) >= 11 is 6.14. The highest BCUT2D eigenvalue weighted by Gasteiger charge is 2.21. The normalized spacial score (nSPS) is 14.7. The van der Waals surface area contributed by atoms with E-state index in [2.05, 4.69) is 33.0 Å². The van der Waals surface area contributed by atoms with Crippen LogP contribution in [0.2, 0.25) is 5.02 Å². The summed E-state index contributed by atoms with van der Waals surface area (Å²) in [6.07, 6.45) is 3.29. The van der Waals surface area contributed by atoms with E-state index in [0.29, 0.717) is 5.92 Å². The molecule has 1 aromatic heterocycles. The Morgan fingerprint density at radius 2 is 1.84 bits per heavy atom. The molecule has 3 aromatic carbocycles. The van der Waals surface area contributed by atoms with Crippen LogP contribution in [0.3, 0.4) is 0 Å². The highest BCUT2D eigenvalue weighted by atomic mass is 35.5. The lowest BCUT2D eigenvalue weighted by atomic mass is 9.89. The van der Waals surface area contributed by atoms with Crippen LogP contribution in [-0.2, 0) is 11.3 Å². The van der Waals surface area contributed by atoms with Crippen LogP contribution < -0.4 is 10.1 Å². The molecule has 1 fully saturated rings. The van der Waals surface area contributed by atoms with E-state index in [1.165, 1.54) is 5.56 Å². The van der Waals surface area contributed by atoms with Gasteiger partial charge in [0, 0.05) is 35.8 Å². The highest BCUT2D eigenvalue weighted by Crippen LogP contribution is 2.31. The number of benzene rings is 3. The molecule has 1 N–H and O–H groups in total. The minimum atomic E-state index is -0.0321. The number of carbonyl (C=O) groups is 1. The Hall–Kier alpha value is -3.35. The zero-order valence-electron chi connectivity index (χ0n) is 21.4. The van der Waals surface area contributed by atoms with Crippen LogP contribution in [0.15, 0.2) is 66.7 Å². The van der Waals surface area contributed by atoms with Crippen molar-refractivity contribution >= 4 is 34.2 Å². The van der Waals surface area contributed by atoms with Crippen LogP contribution in [0.5, 0.6) is 5.75 Å². The van der Waals surface area contributed by atoms with E-state index in [1.54, 1.807) is 14.0 Å². The Morgan fingerprint density at radius 1 is 1.05 bits per heavy atom. The average molecular weight is 517 g/mol. The number of fused-ring (bicyclic) bond motifs is 1. The van der Waals surface area contributed by atoms with Crippen molar-refractivity contribution in [3.63, 3.8) is 0 Å². The molecule has 0 radical (unpaired) electrons. The molecule has 2 heterocycles.